The summed E-state index contributed by atoms with van der Waals surface area (Å²) >= 11 is 1.57. The molecule has 2 aromatic heterocycles. The fourth-order valence-corrected chi connectivity index (χ4v) is 13.9. The minimum absolute atomic E-state index is 0.00637. The van der Waals surface area contributed by atoms with Crippen molar-refractivity contribution in [3.05, 3.63) is 120 Å². The van der Waals surface area contributed by atoms with Gasteiger partial charge >= 0.3 is 36.0 Å². The number of carboxylic acids is 2. The maximum absolute atomic E-state index is 12.3. The van der Waals surface area contributed by atoms with Gasteiger partial charge in [0.1, 0.15) is 5.75 Å². The van der Waals surface area contributed by atoms with Crippen molar-refractivity contribution >= 4 is 81.2 Å². The van der Waals surface area contributed by atoms with Gasteiger partial charge in [-0.05, 0) is 200 Å². The molecule has 2 aromatic carbocycles. The number of aliphatic carboxylic acids is 2. The third-order valence-corrected chi connectivity index (χ3v) is 20.8. The number of nitrogens with zero attached hydrogens (tertiary/aromatic N) is 9. The number of hydrogen-bond donors (Lipinski definition) is 7. The van der Waals surface area contributed by atoms with Crippen LogP contribution in [0.25, 0.3) is 0 Å². The zero-order chi connectivity index (χ0) is 98.5. The number of ether oxygens (including phenoxy) is 1. The van der Waals surface area contributed by atoms with E-state index < -0.39 is 27.5 Å². The van der Waals surface area contributed by atoms with Crippen LogP contribution < -0.4 is 26.6 Å². The highest BCUT2D eigenvalue weighted by atomic mass is 32.2. The Labute approximate surface area is 776 Å². The molecule has 4 rings (SSSR count). The second-order valence-corrected chi connectivity index (χ2v) is 39.6. The largest absolute Gasteiger partial charge is 0.481 e. The molecule has 4 aromatic rings. The monoisotopic (exact) mass is 1840 g/mol. The Morgan fingerprint density at radius 2 is 0.734 bits per heavy atom. The zero-order valence-corrected chi connectivity index (χ0v) is 85.4. The van der Waals surface area contributed by atoms with Crippen LogP contribution in [0, 0.1) is 48.3 Å². The maximum Gasteiger partial charge on any atom is 0.317 e. The Balaban J connectivity index is -0.00000143. The molecule has 730 valence electrons. The molecule has 10 amide bonds. The predicted octanol–water partition coefficient (Wildman–Crippen LogP) is 15.9. The number of benzene rings is 2. The van der Waals surface area contributed by atoms with Gasteiger partial charge in [-0.15, -0.1) is 11.8 Å². The highest BCUT2D eigenvalue weighted by Gasteiger charge is 2.28. The molecule has 29 nitrogen and oxygen atoms in total. The van der Waals surface area contributed by atoms with E-state index in [4.69, 9.17) is 14.9 Å². The van der Waals surface area contributed by atoms with Crippen molar-refractivity contribution in [3.63, 3.8) is 0 Å². The standard InChI is InChI=1S/C16H26N2O.C16H25NO3S.C15H25N3O.C14H22N2OS.C13H26N2O3.C12H24N2O3.C11H22N2O3/c1-13(2)12-18(14(3)4)16(19)11-17-10-15-8-6-5-7-9-15;1-12(2)10-17(13(3)4)16(18)11-21(19,20)15-8-6-14(5)7-9-15;1-12(2)11-18(13(3)4)15(19)10-17-9-14-6-5-7-16-8-14;1-11(2)9-16(12(3)4)14(17)10-18-13-5-7-15-8-6-13;1-6-18-12(16)7-8-14-13(17)15(11(4)5)9-10(2)3;1-9(2)8-14(10(3)4)12(17)13-7-5-6-11(15)16;1-8(2)7-13(9(3)4)11(16)12-6-5-10(14)15/h5-9,13-14,17H,10-12H2,1-4H3;6-9,12-13H,10-11H2,1-5H3;5-8,12-13,17H,9-11H2,1-4H3;5-8,11-12H,9-10H2,1-4H3;10-11H,6-9H2,1-5H3,(H,14,17);9-10H,5-8H2,1-4H3,(H,13,17)(H,15,16);8-9H,5-7H2,1-4H3,(H,12,16)(H,14,15). The number of pyridine rings is 2. The summed E-state index contributed by atoms with van der Waals surface area (Å²) in [5.41, 5.74) is 3.29. The molecule has 0 saturated heterocycles. The molecule has 0 atom stereocenters. The van der Waals surface area contributed by atoms with Gasteiger partial charge in [-0.2, -0.15) is 0 Å². The number of rotatable bonds is 46. The van der Waals surface area contributed by atoms with Crippen molar-refractivity contribution in [1.29, 1.82) is 0 Å². The number of hydrogen-bond acceptors (Lipinski definition) is 18. The molecule has 0 fully saturated rings. The van der Waals surface area contributed by atoms with E-state index >= 15 is 0 Å². The minimum Gasteiger partial charge on any atom is -0.481 e. The van der Waals surface area contributed by atoms with Gasteiger partial charge in [0, 0.05) is 157 Å². The van der Waals surface area contributed by atoms with Gasteiger partial charge in [-0.1, -0.05) is 151 Å². The van der Waals surface area contributed by atoms with Crippen molar-refractivity contribution in [1.82, 2.24) is 70.9 Å². The summed E-state index contributed by atoms with van der Waals surface area (Å²) in [5, 5.41) is 31.4. The molecule has 31 heteroatoms. The van der Waals surface area contributed by atoms with Crippen LogP contribution in [0.5, 0.6) is 0 Å². The lowest BCUT2D eigenvalue weighted by atomic mass is 10.1. The molecule has 0 aliphatic carbocycles. The summed E-state index contributed by atoms with van der Waals surface area (Å²) < 4.78 is 29.4. The van der Waals surface area contributed by atoms with Crippen LogP contribution >= 0.6 is 11.8 Å². The molecule has 0 spiro atoms. The van der Waals surface area contributed by atoms with Gasteiger partial charge in [0.2, 0.25) is 23.6 Å². The Bertz CT molecular complexity index is 3720. The molecule has 0 aliphatic rings. The Morgan fingerprint density at radius 1 is 0.391 bits per heavy atom. The van der Waals surface area contributed by atoms with E-state index in [1.54, 1.807) is 81.1 Å². The summed E-state index contributed by atoms with van der Waals surface area (Å²) in [6.45, 7) is 69.4. The van der Waals surface area contributed by atoms with Crippen LogP contribution in [0.3, 0.4) is 0 Å². The van der Waals surface area contributed by atoms with Crippen molar-refractivity contribution < 1.29 is 71.3 Å². The molecule has 0 bridgehead atoms. The zero-order valence-electron chi connectivity index (χ0n) is 83.8. The lowest BCUT2D eigenvalue weighted by molar-refractivity contribution is -0.143. The number of esters is 1. The fraction of sp³-hybridized carbons (Fsp3) is 0.670. The second kappa shape index (κ2) is 70.0. The molecular weight excluding hydrogens is 1670 g/mol. The topological polar surface area (TPSA) is 363 Å². The van der Waals surface area contributed by atoms with Crippen molar-refractivity contribution in [2.45, 2.75) is 299 Å². The molecule has 7 N–H and O–H groups in total. The summed E-state index contributed by atoms with van der Waals surface area (Å²) in [6.07, 6.45) is 7.79. The van der Waals surface area contributed by atoms with Gasteiger partial charge in [0.25, 0.3) is 0 Å². The molecule has 2 heterocycles. The predicted molar refractivity (Wildman–Crippen MR) is 520 cm³/mol. The number of aromatic nitrogens is 2. The second-order valence-electron chi connectivity index (χ2n) is 36.5. The van der Waals surface area contributed by atoms with Gasteiger partial charge in [-0.3, -0.25) is 43.5 Å². The molecular formula is C97H170N14O15S2. The third kappa shape index (κ3) is 62.3. The van der Waals surface area contributed by atoms with Gasteiger partial charge in [-0.25, -0.2) is 22.8 Å². The number of nitrogens with one attached hydrogen (secondary N) is 5. The first-order chi connectivity index (χ1) is 59.7. The average molecular weight is 1840 g/mol. The first kappa shape index (κ1) is 123. The molecule has 128 heavy (non-hydrogen) atoms. The Kier molecular flexibility index (Phi) is 67.3. The van der Waals surface area contributed by atoms with E-state index in [0.29, 0.717) is 119 Å². The van der Waals surface area contributed by atoms with Crippen LogP contribution in [0.1, 0.15) is 243 Å². The molecule has 0 saturated carbocycles. The van der Waals surface area contributed by atoms with Crippen LogP contribution in [-0.2, 0) is 61.2 Å². The van der Waals surface area contributed by atoms with E-state index in [1.165, 1.54) is 5.56 Å². The summed E-state index contributed by atoms with van der Waals surface area (Å²) in [6, 6.07) is 25.3. The number of sulfone groups is 1. The third-order valence-electron chi connectivity index (χ3n) is 18.2. The van der Waals surface area contributed by atoms with Crippen molar-refractivity contribution in [2.24, 2.45) is 41.4 Å². The SMILES string of the molecule is CC(C)CN(C(=O)CNCc1ccccc1)C(C)C.CC(C)CN(C(=O)CNCc1cccnc1)C(C)C.CC(C)CN(C(=O)CSc1ccncc1)C(C)C.CC(C)CN(C(=O)NCCC(=O)O)C(C)C.CC(C)CN(C(=O)NCCCC(=O)O)C(C)C.CCOC(=O)CCNC(=O)N(CC(C)C)C(C)C.Cc1ccc(S(=O)(=O)CC(=O)N(CC(C)C)C(C)C)cc1. The molecule has 0 unspecified atom stereocenters. The summed E-state index contributed by atoms with van der Waals surface area (Å²) in [7, 11) is -3.58. The Morgan fingerprint density at radius 3 is 1.09 bits per heavy atom. The van der Waals surface area contributed by atoms with Gasteiger partial charge in [0.05, 0.1) is 43.2 Å². The van der Waals surface area contributed by atoms with E-state index in [0.717, 1.165) is 42.2 Å². The molecule has 0 aliphatic heterocycles. The number of thioether (sulfide) groups is 1. The number of carboxylic acid groups (broad SMARTS) is 2. The average Bonchev–Trinajstić information content (AvgIpc) is 0.824. The highest BCUT2D eigenvalue weighted by molar-refractivity contribution is 8.00. The lowest BCUT2D eigenvalue weighted by Gasteiger charge is -2.28. The highest BCUT2D eigenvalue weighted by Crippen LogP contribution is 2.20. The number of urea groups is 3. The first-order valence-corrected chi connectivity index (χ1v) is 48.4. The first-order valence-electron chi connectivity index (χ1n) is 45.8. The minimum atomic E-state index is -3.58. The lowest BCUT2D eigenvalue weighted by Crippen LogP contribution is -2.46. The Hall–Kier alpha value is -8.94. The van der Waals surface area contributed by atoms with Crippen LogP contribution in [0.2, 0.25) is 0 Å². The smallest absolute Gasteiger partial charge is 0.317 e. The summed E-state index contributed by atoms with van der Waals surface area (Å²) in [5.74, 6) is 1.26. The van der Waals surface area contributed by atoms with E-state index in [-0.39, 0.29) is 121 Å². The van der Waals surface area contributed by atoms with Crippen LogP contribution in [-0.4, -0.2) is 261 Å². The number of amides is 10. The van der Waals surface area contributed by atoms with Gasteiger partial charge < -0.3 is 75.8 Å². The number of carbonyl (C=O) groups is 10. The number of carbonyl (C=O) groups excluding carboxylic acids is 8. The summed E-state index contributed by atoms with van der Waals surface area (Å²) in [4.78, 5) is 138. The fourth-order valence-electron chi connectivity index (χ4n) is 11.9. The van der Waals surface area contributed by atoms with Crippen LogP contribution in [0.4, 0.5) is 14.4 Å². The normalized spacial score (nSPS) is 11.0. The quantitative estimate of drug-likeness (QED) is 0.0123. The van der Waals surface area contributed by atoms with Crippen LogP contribution in [0.15, 0.2) is 113 Å². The van der Waals surface area contributed by atoms with E-state index in [9.17, 15) is 56.4 Å². The maximum atomic E-state index is 12.3. The van der Waals surface area contributed by atoms with Crippen molar-refractivity contribution in [2.75, 3.05) is 96.6 Å². The van der Waals surface area contributed by atoms with E-state index in [2.05, 4.69) is 159 Å². The number of aryl methyl sites for hydroxylation is 1. The molecule has 0 radical (unpaired) electrons. The van der Waals surface area contributed by atoms with E-state index in [1.807, 2.05) is 153 Å². The van der Waals surface area contributed by atoms with Gasteiger partial charge in [0.15, 0.2) is 9.84 Å². The van der Waals surface area contributed by atoms with Crippen molar-refractivity contribution in [3.8, 4) is 0 Å².